The summed E-state index contributed by atoms with van der Waals surface area (Å²) in [7, 11) is 0. The van der Waals surface area contributed by atoms with Crippen LogP contribution in [0.1, 0.15) is 26.7 Å². The molecule has 0 bridgehead atoms. The Morgan fingerprint density at radius 2 is 1.80 bits per heavy atom. The van der Waals surface area contributed by atoms with E-state index in [2.05, 4.69) is 28.5 Å². The van der Waals surface area contributed by atoms with Crippen molar-refractivity contribution < 1.29 is 9.47 Å². The first-order chi connectivity index (χ1) is 9.35. The van der Waals surface area contributed by atoms with Crippen LogP contribution < -0.4 is 10.6 Å². The fourth-order valence-electron chi connectivity index (χ4n) is 1.27. The Hall–Kier alpha value is -0.520. The van der Waals surface area contributed by atoms with E-state index in [4.69, 9.17) is 15.9 Å². The molecule has 0 heterocycles. The van der Waals surface area contributed by atoms with Gasteiger partial charge in [0.15, 0.2) is 5.96 Å². The van der Waals surface area contributed by atoms with Crippen LogP contribution in [-0.4, -0.2) is 52.0 Å². The molecule has 0 aromatic carbocycles. The molecule has 0 unspecified atom stereocenters. The summed E-state index contributed by atoms with van der Waals surface area (Å²) in [4.78, 5) is 4.33. The summed E-state index contributed by atoms with van der Waals surface area (Å²) in [6, 6.07) is 0. The van der Waals surface area contributed by atoms with E-state index in [-0.39, 0.29) is 24.0 Å². The third kappa shape index (κ3) is 15.5. The highest BCUT2D eigenvalue weighted by atomic mass is 127. The zero-order chi connectivity index (χ0) is 14.2. The number of terminal acetylenes is 1. The van der Waals surface area contributed by atoms with Gasteiger partial charge < -0.3 is 20.1 Å². The molecule has 0 saturated heterocycles. The first-order valence-corrected chi connectivity index (χ1v) is 6.96. The lowest BCUT2D eigenvalue weighted by Crippen LogP contribution is -2.37. The molecule has 0 aliphatic rings. The molecule has 2 N–H and O–H groups in total. The molecule has 0 aromatic rings. The molecule has 0 rings (SSSR count). The summed E-state index contributed by atoms with van der Waals surface area (Å²) in [5.41, 5.74) is 0. The number of ether oxygens (including phenoxy) is 2. The van der Waals surface area contributed by atoms with E-state index in [1.165, 1.54) is 0 Å². The molecule has 0 aliphatic heterocycles. The van der Waals surface area contributed by atoms with Crippen molar-refractivity contribution in [3.63, 3.8) is 0 Å². The lowest BCUT2D eigenvalue weighted by molar-refractivity contribution is 0.0497. The summed E-state index contributed by atoms with van der Waals surface area (Å²) >= 11 is 0. The van der Waals surface area contributed by atoms with Gasteiger partial charge in [0.2, 0.25) is 0 Å². The number of hydrogen-bond acceptors (Lipinski definition) is 3. The highest BCUT2D eigenvalue weighted by Gasteiger charge is 1.94. The molecule has 0 spiro atoms. The summed E-state index contributed by atoms with van der Waals surface area (Å²) in [5.74, 6) is 3.24. The minimum atomic E-state index is 0. The maximum atomic E-state index is 5.42. The van der Waals surface area contributed by atoms with Crippen molar-refractivity contribution in [3.05, 3.63) is 0 Å². The van der Waals surface area contributed by atoms with Crippen LogP contribution in [0.3, 0.4) is 0 Å². The standard InChI is InChI=1S/C14H27N3O2.HI/c1-4-7-10-18-12-13-19-11-9-17-14(15-6-3)16-8-5-2;/h2H,4,6-13H2,1,3H3,(H2,15,16,17);1H. The van der Waals surface area contributed by atoms with E-state index in [0.29, 0.717) is 32.9 Å². The molecule has 0 atom stereocenters. The van der Waals surface area contributed by atoms with Gasteiger partial charge in [-0.25, -0.2) is 0 Å². The van der Waals surface area contributed by atoms with Crippen molar-refractivity contribution in [3.8, 4) is 12.3 Å². The van der Waals surface area contributed by atoms with Gasteiger partial charge in [-0.05, 0) is 13.3 Å². The molecule has 6 heteroatoms. The summed E-state index contributed by atoms with van der Waals surface area (Å²) in [6.45, 7) is 8.72. The highest BCUT2D eigenvalue weighted by Crippen LogP contribution is 1.87. The van der Waals surface area contributed by atoms with E-state index in [9.17, 15) is 0 Å². The smallest absolute Gasteiger partial charge is 0.192 e. The zero-order valence-electron chi connectivity index (χ0n) is 12.6. The molecule has 0 aromatic heterocycles. The van der Waals surface area contributed by atoms with Crippen LogP contribution in [0.5, 0.6) is 0 Å². The maximum Gasteiger partial charge on any atom is 0.192 e. The second-order valence-electron chi connectivity index (χ2n) is 3.90. The molecule has 118 valence electrons. The average molecular weight is 397 g/mol. The molecule has 0 radical (unpaired) electrons. The predicted molar refractivity (Wildman–Crippen MR) is 94.8 cm³/mol. The molecule has 0 saturated carbocycles. The van der Waals surface area contributed by atoms with Crippen LogP contribution in [0, 0.1) is 12.3 Å². The van der Waals surface area contributed by atoms with Crippen LogP contribution in [-0.2, 0) is 9.47 Å². The average Bonchev–Trinajstić information content (AvgIpc) is 2.42. The largest absolute Gasteiger partial charge is 0.379 e. The Bertz CT molecular complexity index is 268. The SMILES string of the molecule is C#CCNC(=NCCOCCOCCCC)NCC.I. The van der Waals surface area contributed by atoms with E-state index >= 15 is 0 Å². The van der Waals surface area contributed by atoms with E-state index in [0.717, 1.165) is 32.0 Å². The third-order valence-corrected chi connectivity index (χ3v) is 2.22. The van der Waals surface area contributed by atoms with Gasteiger partial charge in [0.1, 0.15) is 0 Å². The molecule has 0 fully saturated rings. The fraction of sp³-hybridized carbons (Fsp3) is 0.786. The Kier molecular flexibility index (Phi) is 20.1. The van der Waals surface area contributed by atoms with Crippen LogP contribution >= 0.6 is 24.0 Å². The van der Waals surface area contributed by atoms with Gasteiger partial charge >= 0.3 is 0 Å². The van der Waals surface area contributed by atoms with E-state index < -0.39 is 0 Å². The van der Waals surface area contributed by atoms with Crippen molar-refractivity contribution in [2.45, 2.75) is 26.7 Å². The topological polar surface area (TPSA) is 54.9 Å². The summed E-state index contributed by atoms with van der Waals surface area (Å²) in [5, 5.41) is 6.12. The van der Waals surface area contributed by atoms with Crippen LogP contribution in [0.25, 0.3) is 0 Å². The molecular weight excluding hydrogens is 369 g/mol. The third-order valence-electron chi connectivity index (χ3n) is 2.22. The van der Waals surface area contributed by atoms with Crippen molar-refractivity contribution in [2.75, 3.05) is 46.1 Å². The predicted octanol–water partition coefficient (Wildman–Crippen LogP) is 1.63. The van der Waals surface area contributed by atoms with Crippen LogP contribution in [0.15, 0.2) is 4.99 Å². The van der Waals surface area contributed by atoms with Gasteiger partial charge in [0.25, 0.3) is 0 Å². The minimum absolute atomic E-state index is 0. The Morgan fingerprint density at radius 3 is 2.40 bits per heavy atom. The molecule has 20 heavy (non-hydrogen) atoms. The molecule has 0 aliphatic carbocycles. The zero-order valence-corrected chi connectivity index (χ0v) is 14.9. The second-order valence-corrected chi connectivity index (χ2v) is 3.90. The Morgan fingerprint density at radius 1 is 1.10 bits per heavy atom. The number of hydrogen-bond donors (Lipinski definition) is 2. The van der Waals surface area contributed by atoms with Gasteiger partial charge in [-0.2, -0.15) is 0 Å². The monoisotopic (exact) mass is 397 g/mol. The minimum Gasteiger partial charge on any atom is -0.379 e. The van der Waals surface area contributed by atoms with Crippen molar-refractivity contribution >= 4 is 29.9 Å². The normalized spacial score (nSPS) is 10.6. The number of aliphatic imine (C=N–C) groups is 1. The Labute approximate surface area is 140 Å². The summed E-state index contributed by atoms with van der Waals surface area (Å²) in [6.07, 6.45) is 7.45. The number of halogens is 1. The van der Waals surface area contributed by atoms with Crippen LogP contribution in [0.4, 0.5) is 0 Å². The van der Waals surface area contributed by atoms with Crippen LogP contribution in [0.2, 0.25) is 0 Å². The van der Waals surface area contributed by atoms with Gasteiger partial charge in [-0.3, -0.25) is 4.99 Å². The number of nitrogens with zero attached hydrogens (tertiary/aromatic N) is 1. The lowest BCUT2D eigenvalue weighted by Gasteiger charge is -2.09. The quantitative estimate of drug-likeness (QED) is 0.183. The second kappa shape index (κ2) is 18.5. The van der Waals surface area contributed by atoms with Crippen molar-refractivity contribution in [2.24, 2.45) is 4.99 Å². The van der Waals surface area contributed by atoms with E-state index in [1.807, 2.05) is 6.92 Å². The molecule has 5 nitrogen and oxygen atoms in total. The first-order valence-electron chi connectivity index (χ1n) is 6.96. The molecular formula is C14H28IN3O2. The van der Waals surface area contributed by atoms with Crippen molar-refractivity contribution in [1.29, 1.82) is 0 Å². The summed E-state index contributed by atoms with van der Waals surface area (Å²) < 4.78 is 10.8. The number of guanidine groups is 1. The van der Waals surface area contributed by atoms with Crippen molar-refractivity contribution in [1.82, 2.24) is 10.6 Å². The number of unbranched alkanes of at least 4 members (excludes halogenated alkanes) is 1. The highest BCUT2D eigenvalue weighted by molar-refractivity contribution is 14.0. The maximum absolute atomic E-state index is 5.42. The van der Waals surface area contributed by atoms with E-state index in [1.54, 1.807) is 0 Å². The molecule has 0 amide bonds. The number of rotatable bonds is 11. The lowest BCUT2D eigenvalue weighted by atomic mass is 10.4. The first kappa shape index (κ1) is 21.8. The van der Waals surface area contributed by atoms with Gasteiger partial charge in [0, 0.05) is 13.2 Å². The van der Waals surface area contributed by atoms with Gasteiger partial charge in [0.05, 0.1) is 32.9 Å². The Balaban J connectivity index is 0. The van der Waals surface area contributed by atoms with Gasteiger partial charge in [-0.15, -0.1) is 30.4 Å². The fourth-order valence-corrected chi connectivity index (χ4v) is 1.27. The van der Waals surface area contributed by atoms with Gasteiger partial charge in [-0.1, -0.05) is 19.3 Å². The number of nitrogens with one attached hydrogen (secondary N) is 2.